The highest BCUT2D eigenvalue weighted by Crippen LogP contribution is 2.33. The second-order valence-corrected chi connectivity index (χ2v) is 5.66. The van der Waals surface area contributed by atoms with Crippen molar-refractivity contribution in [3.63, 3.8) is 0 Å². The van der Waals surface area contributed by atoms with Gasteiger partial charge in [-0.3, -0.25) is 14.5 Å². The number of imide groups is 1. The molecule has 2 fully saturated rings. The second kappa shape index (κ2) is 6.28. The van der Waals surface area contributed by atoms with Crippen molar-refractivity contribution in [1.29, 1.82) is 0 Å². The lowest BCUT2D eigenvalue weighted by Gasteiger charge is -2.26. The summed E-state index contributed by atoms with van der Waals surface area (Å²) < 4.78 is 5.24. The molecule has 0 spiro atoms. The molecule has 1 aromatic carbocycles. The molecular formula is C16H19N3O4. The molecule has 0 aliphatic carbocycles. The first-order valence-corrected chi connectivity index (χ1v) is 7.62. The van der Waals surface area contributed by atoms with Crippen LogP contribution in [0.25, 0.3) is 0 Å². The zero-order valence-corrected chi connectivity index (χ0v) is 12.9. The van der Waals surface area contributed by atoms with Crippen LogP contribution in [-0.2, 0) is 9.59 Å². The molecule has 23 heavy (non-hydrogen) atoms. The average molecular weight is 317 g/mol. The molecule has 1 aromatic rings. The first kappa shape index (κ1) is 15.3. The monoisotopic (exact) mass is 317 g/mol. The van der Waals surface area contributed by atoms with Crippen molar-refractivity contribution in [2.75, 3.05) is 26.7 Å². The van der Waals surface area contributed by atoms with Gasteiger partial charge in [-0.1, -0.05) is 12.1 Å². The van der Waals surface area contributed by atoms with E-state index in [-0.39, 0.29) is 30.9 Å². The van der Waals surface area contributed by atoms with Gasteiger partial charge in [-0.25, -0.2) is 4.79 Å². The number of nitrogens with zero attached hydrogens (tertiary/aromatic N) is 2. The number of methoxy groups -OCH3 is 1. The van der Waals surface area contributed by atoms with Crippen molar-refractivity contribution in [1.82, 2.24) is 15.1 Å². The van der Waals surface area contributed by atoms with Crippen LogP contribution in [0.4, 0.5) is 4.79 Å². The molecule has 1 unspecified atom stereocenters. The summed E-state index contributed by atoms with van der Waals surface area (Å²) in [5.74, 6) is 0.178. The minimum atomic E-state index is -0.500. The Morgan fingerprint density at radius 3 is 2.91 bits per heavy atom. The van der Waals surface area contributed by atoms with Gasteiger partial charge in [-0.05, 0) is 30.5 Å². The zero-order chi connectivity index (χ0) is 16.4. The van der Waals surface area contributed by atoms with Crippen LogP contribution in [0.1, 0.15) is 24.4 Å². The molecule has 7 nitrogen and oxygen atoms in total. The molecule has 1 N–H and O–H groups in total. The van der Waals surface area contributed by atoms with Crippen molar-refractivity contribution >= 4 is 17.8 Å². The summed E-state index contributed by atoms with van der Waals surface area (Å²) in [6.45, 7) is 0.390. The van der Waals surface area contributed by atoms with Crippen molar-refractivity contribution in [2.45, 2.75) is 18.9 Å². The Balaban J connectivity index is 1.74. The fourth-order valence-corrected chi connectivity index (χ4v) is 3.10. The van der Waals surface area contributed by atoms with Crippen LogP contribution in [0, 0.1) is 0 Å². The van der Waals surface area contributed by atoms with Gasteiger partial charge < -0.3 is 15.0 Å². The maximum atomic E-state index is 12.6. The average Bonchev–Trinajstić information content (AvgIpc) is 3.17. The van der Waals surface area contributed by atoms with Gasteiger partial charge in [0.15, 0.2) is 0 Å². The number of benzene rings is 1. The highest BCUT2D eigenvalue weighted by molar-refractivity contribution is 6.04. The Morgan fingerprint density at radius 2 is 2.22 bits per heavy atom. The third kappa shape index (κ3) is 2.99. The molecule has 2 heterocycles. The van der Waals surface area contributed by atoms with Gasteiger partial charge in [-0.15, -0.1) is 0 Å². The van der Waals surface area contributed by atoms with Gasteiger partial charge in [0.25, 0.3) is 5.91 Å². The first-order valence-electron chi connectivity index (χ1n) is 7.62. The number of hydrogen-bond donors (Lipinski definition) is 1. The van der Waals surface area contributed by atoms with E-state index in [1.807, 2.05) is 24.3 Å². The SMILES string of the molecule is COc1cccc(C2CCCN2C(=O)CN2C(=O)CNC2=O)c1. The molecule has 2 saturated heterocycles. The van der Waals surface area contributed by atoms with Crippen molar-refractivity contribution < 1.29 is 19.1 Å². The molecule has 2 aliphatic heterocycles. The lowest BCUT2D eigenvalue weighted by Crippen LogP contribution is -2.42. The molecule has 3 rings (SSSR count). The van der Waals surface area contributed by atoms with E-state index < -0.39 is 6.03 Å². The van der Waals surface area contributed by atoms with Crippen molar-refractivity contribution in [2.24, 2.45) is 0 Å². The summed E-state index contributed by atoms with van der Waals surface area (Å²) >= 11 is 0. The van der Waals surface area contributed by atoms with Gasteiger partial charge >= 0.3 is 6.03 Å². The maximum Gasteiger partial charge on any atom is 0.325 e. The summed E-state index contributed by atoms with van der Waals surface area (Å²) in [7, 11) is 1.61. The molecular weight excluding hydrogens is 298 g/mol. The van der Waals surface area contributed by atoms with Crippen LogP contribution in [0.5, 0.6) is 5.75 Å². The third-order valence-corrected chi connectivity index (χ3v) is 4.28. The first-order chi connectivity index (χ1) is 11.1. The Hall–Kier alpha value is -2.57. The molecule has 1 atom stereocenters. The van der Waals surface area contributed by atoms with E-state index >= 15 is 0 Å². The van der Waals surface area contributed by atoms with Crippen LogP contribution in [0.2, 0.25) is 0 Å². The van der Waals surface area contributed by atoms with E-state index in [4.69, 9.17) is 4.74 Å². The summed E-state index contributed by atoms with van der Waals surface area (Å²) in [5, 5.41) is 2.42. The number of ether oxygens (including phenoxy) is 1. The fraction of sp³-hybridized carbons (Fsp3) is 0.438. The van der Waals surface area contributed by atoms with Crippen LogP contribution in [0.3, 0.4) is 0 Å². The smallest absolute Gasteiger partial charge is 0.325 e. The Labute approximate surface area is 134 Å². The predicted octanol–water partition coefficient (Wildman–Crippen LogP) is 0.910. The van der Waals surface area contributed by atoms with E-state index in [0.717, 1.165) is 29.1 Å². The van der Waals surface area contributed by atoms with Gasteiger partial charge in [0.05, 0.1) is 19.7 Å². The van der Waals surface area contributed by atoms with E-state index in [0.29, 0.717) is 6.54 Å². The van der Waals surface area contributed by atoms with Crippen LogP contribution >= 0.6 is 0 Å². The molecule has 0 saturated carbocycles. The largest absolute Gasteiger partial charge is 0.497 e. The molecule has 122 valence electrons. The normalized spacial score (nSPS) is 20.8. The van der Waals surface area contributed by atoms with Gasteiger partial charge in [0.1, 0.15) is 12.3 Å². The van der Waals surface area contributed by atoms with Crippen LogP contribution in [0.15, 0.2) is 24.3 Å². The number of rotatable bonds is 4. The number of carbonyl (C=O) groups excluding carboxylic acids is 3. The molecule has 2 aliphatic rings. The number of carbonyl (C=O) groups is 3. The van der Waals surface area contributed by atoms with Gasteiger partial charge in [0, 0.05) is 6.54 Å². The summed E-state index contributed by atoms with van der Waals surface area (Å²) in [6, 6.07) is 7.10. The van der Waals surface area contributed by atoms with Gasteiger partial charge in [0.2, 0.25) is 5.91 Å². The molecule has 4 amide bonds. The standard InChI is InChI=1S/C16H19N3O4/c1-23-12-5-2-4-11(8-12)13-6-3-7-18(13)15(21)10-19-14(20)9-17-16(19)22/h2,4-5,8,13H,3,6-7,9-10H2,1H3,(H,17,22). The zero-order valence-electron chi connectivity index (χ0n) is 12.9. The summed E-state index contributed by atoms with van der Waals surface area (Å²) in [4.78, 5) is 38.5. The number of nitrogens with one attached hydrogen (secondary N) is 1. The summed E-state index contributed by atoms with van der Waals surface area (Å²) in [5.41, 5.74) is 1.01. The topological polar surface area (TPSA) is 79.0 Å². The number of amides is 4. The minimum absolute atomic E-state index is 0.0363. The lowest BCUT2D eigenvalue weighted by atomic mass is 10.0. The van der Waals surface area contributed by atoms with Gasteiger partial charge in [-0.2, -0.15) is 0 Å². The molecule has 0 bridgehead atoms. The Morgan fingerprint density at radius 1 is 1.39 bits per heavy atom. The van der Waals surface area contributed by atoms with E-state index in [1.54, 1.807) is 12.0 Å². The quantitative estimate of drug-likeness (QED) is 0.837. The minimum Gasteiger partial charge on any atom is -0.497 e. The number of hydrogen-bond acceptors (Lipinski definition) is 4. The van der Waals surface area contributed by atoms with E-state index in [1.165, 1.54) is 0 Å². The third-order valence-electron chi connectivity index (χ3n) is 4.28. The predicted molar refractivity (Wildman–Crippen MR) is 81.8 cm³/mol. The highest BCUT2D eigenvalue weighted by Gasteiger charge is 2.35. The van der Waals surface area contributed by atoms with Crippen molar-refractivity contribution in [3.8, 4) is 5.75 Å². The van der Waals surface area contributed by atoms with Crippen LogP contribution < -0.4 is 10.1 Å². The Kier molecular flexibility index (Phi) is 4.18. The van der Waals surface area contributed by atoms with Crippen molar-refractivity contribution in [3.05, 3.63) is 29.8 Å². The van der Waals surface area contributed by atoms with E-state index in [2.05, 4.69) is 5.32 Å². The molecule has 0 radical (unpaired) electrons. The maximum absolute atomic E-state index is 12.6. The number of urea groups is 1. The van der Waals surface area contributed by atoms with E-state index in [9.17, 15) is 14.4 Å². The fourth-order valence-electron chi connectivity index (χ4n) is 3.10. The lowest BCUT2D eigenvalue weighted by molar-refractivity contribution is -0.137. The van der Waals surface area contributed by atoms with Crippen LogP contribution in [-0.4, -0.2) is 54.4 Å². The Bertz CT molecular complexity index is 630. The molecule has 7 heteroatoms. The highest BCUT2D eigenvalue weighted by atomic mass is 16.5. The molecule has 0 aromatic heterocycles. The summed E-state index contributed by atoms with van der Waals surface area (Å²) in [6.07, 6.45) is 1.76. The number of likely N-dealkylation sites (tertiary alicyclic amines) is 1. The second-order valence-electron chi connectivity index (χ2n) is 5.66.